The van der Waals surface area contributed by atoms with Crippen molar-refractivity contribution in [2.45, 2.75) is 20.0 Å². The number of amides is 1. The summed E-state index contributed by atoms with van der Waals surface area (Å²) in [4.78, 5) is 22.6. The van der Waals surface area contributed by atoms with E-state index in [2.05, 4.69) is 21.2 Å². The zero-order chi connectivity index (χ0) is 21.6. The predicted molar refractivity (Wildman–Crippen MR) is 112 cm³/mol. The van der Waals surface area contributed by atoms with Crippen LogP contribution in [0.2, 0.25) is 0 Å². The van der Waals surface area contributed by atoms with Crippen molar-refractivity contribution in [1.29, 1.82) is 5.26 Å². The summed E-state index contributed by atoms with van der Waals surface area (Å²) >= 11 is 3.42. The number of hydrogen-bond acceptors (Lipinski definition) is 6. The molecule has 1 amide bonds. The minimum Gasteiger partial charge on any atom is -0.493 e. The number of nitro benzene ring substituents is 1. The third kappa shape index (κ3) is 5.80. The van der Waals surface area contributed by atoms with E-state index in [1.165, 1.54) is 37.5 Å². The molecule has 9 heteroatoms. The molecule has 0 fully saturated rings. The largest absolute Gasteiger partial charge is 0.493 e. The van der Waals surface area contributed by atoms with Gasteiger partial charge < -0.3 is 14.8 Å². The Kier molecular flexibility index (Phi) is 7.33. The number of anilines is 1. The summed E-state index contributed by atoms with van der Waals surface area (Å²) in [5.41, 5.74) is 0.649. The van der Waals surface area contributed by atoms with Crippen molar-refractivity contribution in [1.82, 2.24) is 0 Å². The van der Waals surface area contributed by atoms with Gasteiger partial charge in [-0.3, -0.25) is 14.9 Å². The quantitative estimate of drug-likeness (QED) is 0.277. The molecule has 150 valence electrons. The van der Waals surface area contributed by atoms with Crippen LogP contribution in [0.25, 0.3) is 6.08 Å². The first-order chi connectivity index (χ1) is 13.7. The van der Waals surface area contributed by atoms with Gasteiger partial charge in [-0.05, 0) is 65.7 Å². The van der Waals surface area contributed by atoms with Gasteiger partial charge in [-0.15, -0.1) is 0 Å². The van der Waals surface area contributed by atoms with Crippen LogP contribution in [-0.4, -0.2) is 24.0 Å². The number of ether oxygens (including phenoxy) is 2. The van der Waals surface area contributed by atoms with Crippen LogP contribution in [0.4, 0.5) is 11.4 Å². The number of methoxy groups -OCH3 is 1. The Labute approximate surface area is 176 Å². The van der Waals surface area contributed by atoms with E-state index in [1.807, 2.05) is 19.9 Å². The van der Waals surface area contributed by atoms with Crippen molar-refractivity contribution in [2.75, 3.05) is 12.4 Å². The van der Waals surface area contributed by atoms with Crippen molar-refractivity contribution < 1.29 is 19.2 Å². The second-order valence-electron chi connectivity index (χ2n) is 6.13. The molecule has 0 radical (unpaired) electrons. The first-order valence-corrected chi connectivity index (χ1v) is 9.26. The van der Waals surface area contributed by atoms with Gasteiger partial charge in [0, 0.05) is 17.8 Å². The van der Waals surface area contributed by atoms with Crippen LogP contribution >= 0.6 is 15.9 Å². The van der Waals surface area contributed by atoms with Crippen molar-refractivity contribution in [3.05, 3.63) is 62.1 Å². The summed E-state index contributed by atoms with van der Waals surface area (Å²) in [7, 11) is 1.49. The van der Waals surface area contributed by atoms with E-state index in [1.54, 1.807) is 12.1 Å². The number of nitrogens with zero attached hydrogens (tertiary/aromatic N) is 2. The van der Waals surface area contributed by atoms with E-state index in [0.29, 0.717) is 27.2 Å². The summed E-state index contributed by atoms with van der Waals surface area (Å²) in [5.74, 6) is 0.333. The first kappa shape index (κ1) is 21.9. The zero-order valence-electron chi connectivity index (χ0n) is 15.9. The monoisotopic (exact) mass is 459 g/mol. The summed E-state index contributed by atoms with van der Waals surface area (Å²) in [6, 6.07) is 10.5. The summed E-state index contributed by atoms with van der Waals surface area (Å²) in [5, 5.41) is 22.6. The summed E-state index contributed by atoms with van der Waals surface area (Å²) in [6.45, 7) is 3.77. The SMILES string of the molecule is COc1cc(C=C(C#N)C(=O)Nc2ccc([N+](=O)[O-])cc2)cc(Br)c1OC(C)C. The van der Waals surface area contributed by atoms with Gasteiger partial charge in [0.2, 0.25) is 0 Å². The maximum Gasteiger partial charge on any atom is 0.269 e. The highest BCUT2D eigenvalue weighted by molar-refractivity contribution is 9.10. The Hall–Kier alpha value is -3.38. The molecule has 0 aromatic heterocycles. The fourth-order valence-corrected chi connectivity index (χ4v) is 2.91. The van der Waals surface area contributed by atoms with E-state index >= 15 is 0 Å². The average Bonchev–Trinajstić information content (AvgIpc) is 2.67. The normalized spacial score (nSPS) is 11.0. The number of carbonyl (C=O) groups is 1. The molecule has 0 aliphatic rings. The smallest absolute Gasteiger partial charge is 0.269 e. The lowest BCUT2D eigenvalue weighted by molar-refractivity contribution is -0.384. The highest BCUT2D eigenvalue weighted by Gasteiger charge is 2.15. The highest BCUT2D eigenvalue weighted by Crippen LogP contribution is 2.38. The highest BCUT2D eigenvalue weighted by atomic mass is 79.9. The molecule has 0 atom stereocenters. The minimum absolute atomic E-state index is 0.0660. The number of benzene rings is 2. The Morgan fingerprint density at radius 3 is 2.48 bits per heavy atom. The fourth-order valence-electron chi connectivity index (χ4n) is 2.35. The number of rotatable bonds is 7. The van der Waals surface area contributed by atoms with Crippen LogP contribution in [-0.2, 0) is 4.79 Å². The van der Waals surface area contributed by atoms with E-state index in [9.17, 15) is 20.2 Å². The van der Waals surface area contributed by atoms with Gasteiger partial charge in [0.05, 0.1) is 22.6 Å². The number of nitro groups is 1. The molecule has 8 nitrogen and oxygen atoms in total. The van der Waals surface area contributed by atoms with Gasteiger partial charge in [-0.25, -0.2) is 0 Å². The molecule has 2 aromatic rings. The molecular formula is C20H18BrN3O5. The van der Waals surface area contributed by atoms with E-state index in [-0.39, 0.29) is 17.4 Å². The average molecular weight is 460 g/mol. The summed E-state index contributed by atoms with van der Waals surface area (Å²) in [6.07, 6.45) is 1.34. The number of non-ortho nitro benzene ring substituents is 1. The number of hydrogen-bond donors (Lipinski definition) is 1. The standard InChI is InChI=1S/C20H18BrN3O5/c1-12(2)29-19-17(21)9-13(10-18(19)28-3)8-14(11-22)20(25)23-15-4-6-16(7-5-15)24(26)27/h4-10,12H,1-3H3,(H,23,25). The Bertz CT molecular complexity index is 994. The maximum absolute atomic E-state index is 12.4. The fraction of sp³-hybridized carbons (Fsp3) is 0.200. The lowest BCUT2D eigenvalue weighted by Gasteiger charge is -2.16. The topological polar surface area (TPSA) is 114 Å². The lowest BCUT2D eigenvalue weighted by atomic mass is 10.1. The Morgan fingerprint density at radius 2 is 1.97 bits per heavy atom. The van der Waals surface area contributed by atoms with Gasteiger partial charge in [-0.1, -0.05) is 0 Å². The molecule has 0 saturated heterocycles. The molecule has 2 aromatic carbocycles. The molecule has 0 bridgehead atoms. The van der Waals surface area contributed by atoms with Crippen molar-refractivity contribution in [3.63, 3.8) is 0 Å². The molecule has 2 rings (SSSR count). The second-order valence-corrected chi connectivity index (χ2v) is 6.98. The molecule has 1 N–H and O–H groups in total. The Balaban J connectivity index is 2.28. The number of nitriles is 1. The molecule has 0 heterocycles. The van der Waals surface area contributed by atoms with Crippen LogP contribution < -0.4 is 14.8 Å². The van der Waals surface area contributed by atoms with Crippen LogP contribution in [0.15, 0.2) is 46.4 Å². The maximum atomic E-state index is 12.4. The van der Waals surface area contributed by atoms with E-state index < -0.39 is 10.8 Å². The van der Waals surface area contributed by atoms with E-state index in [4.69, 9.17) is 9.47 Å². The second kappa shape index (κ2) is 9.71. The van der Waals surface area contributed by atoms with E-state index in [0.717, 1.165) is 0 Å². The zero-order valence-corrected chi connectivity index (χ0v) is 17.5. The van der Waals surface area contributed by atoms with Crippen LogP contribution in [0.5, 0.6) is 11.5 Å². The molecule has 0 aliphatic carbocycles. The lowest BCUT2D eigenvalue weighted by Crippen LogP contribution is -2.13. The first-order valence-electron chi connectivity index (χ1n) is 8.47. The molecule has 0 spiro atoms. The van der Waals surface area contributed by atoms with Crippen molar-refractivity contribution >= 4 is 39.3 Å². The predicted octanol–water partition coefficient (Wildman–Crippen LogP) is 4.70. The van der Waals surface area contributed by atoms with Gasteiger partial charge >= 0.3 is 0 Å². The van der Waals surface area contributed by atoms with Crippen molar-refractivity contribution in [3.8, 4) is 17.6 Å². The van der Waals surface area contributed by atoms with Crippen molar-refractivity contribution in [2.24, 2.45) is 0 Å². The van der Waals surface area contributed by atoms with Gasteiger partial charge in [0.15, 0.2) is 11.5 Å². The minimum atomic E-state index is -0.640. The van der Waals surface area contributed by atoms with Gasteiger partial charge in [-0.2, -0.15) is 5.26 Å². The molecule has 0 saturated carbocycles. The Morgan fingerprint density at radius 1 is 1.31 bits per heavy atom. The third-order valence-electron chi connectivity index (χ3n) is 3.62. The number of carbonyl (C=O) groups excluding carboxylic acids is 1. The summed E-state index contributed by atoms with van der Waals surface area (Å²) < 4.78 is 11.7. The number of halogens is 1. The van der Waals surface area contributed by atoms with Crippen LogP contribution in [0.1, 0.15) is 19.4 Å². The third-order valence-corrected chi connectivity index (χ3v) is 4.21. The molecule has 29 heavy (non-hydrogen) atoms. The molecular weight excluding hydrogens is 442 g/mol. The number of nitrogens with one attached hydrogen (secondary N) is 1. The van der Waals surface area contributed by atoms with Gasteiger partial charge in [0.1, 0.15) is 11.6 Å². The van der Waals surface area contributed by atoms with Crippen LogP contribution in [0, 0.1) is 21.4 Å². The van der Waals surface area contributed by atoms with Crippen LogP contribution in [0.3, 0.4) is 0 Å². The molecule has 0 aliphatic heterocycles. The van der Waals surface area contributed by atoms with Gasteiger partial charge in [0.25, 0.3) is 11.6 Å². The molecule has 0 unspecified atom stereocenters.